The molecule has 5 heteroatoms. The molecule has 0 fully saturated rings. The lowest BCUT2D eigenvalue weighted by molar-refractivity contribution is -0.384. The summed E-state index contributed by atoms with van der Waals surface area (Å²) in [6, 6.07) is 6.53. The number of nitro groups is 1. The number of nitrogens with zero attached hydrogens (tertiary/aromatic N) is 1. The van der Waals surface area contributed by atoms with Crippen LogP contribution in [0.25, 0.3) is 0 Å². The second kappa shape index (κ2) is 5.98. The Morgan fingerprint density at radius 3 is 2.73 bits per heavy atom. The fourth-order valence-electron chi connectivity index (χ4n) is 1.24. The van der Waals surface area contributed by atoms with Gasteiger partial charge in [0, 0.05) is 19.2 Å². The summed E-state index contributed by atoms with van der Waals surface area (Å²) in [5.74, 6) is 0. The van der Waals surface area contributed by atoms with Crippen molar-refractivity contribution in [2.24, 2.45) is 0 Å². The van der Waals surface area contributed by atoms with Crippen molar-refractivity contribution in [3.8, 4) is 0 Å². The number of aliphatic hydroxyl groups is 1. The molecule has 0 aliphatic carbocycles. The van der Waals surface area contributed by atoms with Crippen molar-refractivity contribution in [2.75, 3.05) is 18.5 Å². The van der Waals surface area contributed by atoms with Crippen molar-refractivity contribution in [1.82, 2.24) is 0 Å². The second-order valence-electron chi connectivity index (χ2n) is 3.13. The molecule has 0 aliphatic rings. The fourth-order valence-corrected chi connectivity index (χ4v) is 1.24. The van der Waals surface area contributed by atoms with Crippen LogP contribution in [-0.2, 0) is 0 Å². The Labute approximate surface area is 87.9 Å². The zero-order valence-electron chi connectivity index (χ0n) is 8.35. The average molecular weight is 210 g/mol. The molecule has 5 nitrogen and oxygen atoms in total. The first-order valence-corrected chi connectivity index (χ1v) is 4.84. The molecule has 0 radical (unpaired) electrons. The van der Waals surface area contributed by atoms with Crippen LogP contribution in [0, 0.1) is 10.1 Å². The molecular weight excluding hydrogens is 196 g/mol. The maximum Gasteiger partial charge on any atom is 0.292 e. The SMILES string of the molecule is O=[N+]([O-])c1ccccc1NCCCCO. The Morgan fingerprint density at radius 2 is 2.07 bits per heavy atom. The van der Waals surface area contributed by atoms with Crippen molar-refractivity contribution < 1.29 is 10.0 Å². The molecule has 1 aromatic rings. The van der Waals surface area contributed by atoms with Gasteiger partial charge in [-0.2, -0.15) is 0 Å². The molecular formula is C10H14N2O3. The molecule has 1 aromatic carbocycles. The first-order chi connectivity index (χ1) is 7.25. The molecule has 0 aliphatic heterocycles. The van der Waals surface area contributed by atoms with Crippen molar-refractivity contribution in [3.63, 3.8) is 0 Å². The fraction of sp³-hybridized carbons (Fsp3) is 0.400. The third kappa shape index (κ3) is 3.55. The van der Waals surface area contributed by atoms with Crippen molar-refractivity contribution in [1.29, 1.82) is 0 Å². The number of unbranched alkanes of at least 4 members (excludes halogenated alkanes) is 1. The van der Waals surface area contributed by atoms with Gasteiger partial charge in [0.25, 0.3) is 5.69 Å². The molecule has 0 saturated carbocycles. The van der Waals surface area contributed by atoms with E-state index >= 15 is 0 Å². The predicted octanol–water partition coefficient (Wildman–Crippen LogP) is 1.78. The topological polar surface area (TPSA) is 75.4 Å². The predicted molar refractivity (Wildman–Crippen MR) is 57.9 cm³/mol. The second-order valence-corrected chi connectivity index (χ2v) is 3.13. The lowest BCUT2D eigenvalue weighted by atomic mass is 10.2. The number of aliphatic hydroxyl groups excluding tert-OH is 1. The molecule has 0 heterocycles. The van der Waals surface area contributed by atoms with E-state index in [9.17, 15) is 10.1 Å². The lowest BCUT2D eigenvalue weighted by Crippen LogP contribution is -2.04. The van der Waals surface area contributed by atoms with Gasteiger partial charge in [-0.25, -0.2) is 0 Å². The van der Waals surface area contributed by atoms with E-state index in [0.717, 1.165) is 6.42 Å². The summed E-state index contributed by atoms with van der Waals surface area (Å²) in [7, 11) is 0. The first-order valence-electron chi connectivity index (χ1n) is 4.84. The highest BCUT2D eigenvalue weighted by Gasteiger charge is 2.10. The summed E-state index contributed by atoms with van der Waals surface area (Å²) in [4.78, 5) is 10.2. The standard InChI is InChI=1S/C10H14N2O3/c13-8-4-3-7-11-9-5-1-2-6-10(9)12(14)15/h1-2,5-6,11,13H,3-4,7-8H2. The largest absolute Gasteiger partial charge is 0.396 e. The Hall–Kier alpha value is -1.62. The lowest BCUT2D eigenvalue weighted by Gasteiger charge is -2.05. The molecule has 2 N–H and O–H groups in total. The van der Waals surface area contributed by atoms with Gasteiger partial charge in [0.05, 0.1) is 4.92 Å². The highest BCUT2D eigenvalue weighted by Crippen LogP contribution is 2.22. The zero-order valence-corrected chi connectivity index (χ0v) is 8.35. The summed E-state index contributed by atoms with van der Waals surface area (Å²) < 4.78 is 0. The van der Waals surface area contributed by atoms with Crippen molar-refractivity contribution >= 4 is 11.4 Å². The Morgan fingerprint density at radius 1 is 1.33 bits per heavy atom. The van der Waals surface area contributed by atoms with E-state index in [2.05, 4.69) is 5.32 Å². The molecule has 15 heavy (non-hydrogen) atoms. The summed E-state index contributed by atoms with van der Waals surface area (Å²) in [6.07, 6.45) is 1.50. The third-order valence-electron chi connectivity index (χ3n) is 2.00. The molecule has 0 bridgehead atoms. The van der Waals surface area contributed by atoms with E-state index < -0.39 is 4.92 Å². The molecule has 82 valence electrons. The maximum absolute atomic E-state index is 10.6. The van der Waals surface area contributed by atoms with Gasteiger partial charge < -0.3 is 10.4 Å². The van der Waals surface area contributed by atoms with Crippen LogP contribution in [0.3, 0.4) is 0 Å². The van der Waals surface area contributed by atoms with E-state index in [0.29, 0.717) is 18.7 Å². The number of hydrogen-bond donors (Lipinski definition) is 2. The van der Waals surface area contributed by atoms with Gasteiger partial charge >= 0.3 is 0 Å². The number of benzene rings is 1. The van der Waals surface area contributed by atoms with Gasteiger partial charge in [-0.1, -0.05) is 12.1 Å². The molecule has 0 saturated heterocycles. The van der Waals surface area contributed by atoms with Crippen LogP contribution in [0.1, 0.15) is 12.8 Å². The number of para-hydroxylation sites is 2. The van der Waals surface area contributed by atoms with E-state index in [1.54, 1.807) is 18.2 Å². The minimum Gasteiger partial charge on any atom is -0.396 e. The van der Waals surface area contributed by atoms with Gasteiger partial charge in [-0.05, 0) is 18.9 Å². The summed E-state index contributed by atoms with van der Waals surface area (Å²) in [6.45, 7) is 0.782. The third-order valence-corrected chi connectivity index (χ3v) is 2.00. The number of rotatable bonds is 6. The monoisotopic (exact) mass is 210 g/mol. The molecule has 1 rings (SSSR count). The van der Waals surface area contributed by atoms with E-state index in [1.807, 2.05) is 0 Å². The van der Waals surface area contributed by atoms with Crippen LogP contribution in [0.4, 0.5) is 11.4 Å². The van der Waals surface area contributed by atoms with E-state index in [-0.39, 0.29) is 12.3 Å². The number of nitro benzene ring substituents is 1. The normalized spacial score (nSPS) is 9.93. The molecule has 0 spiro atoms. The van der Waals surface area contributed by atoms with E-state index in [4.69, 9.17) is 5.11 Å². The van der Waals surface area contributed by atoms with Gasteiger partial charge in [-0.3, -0.25) is 10.1 Å². The number of nitrogens with one attached hydrogen (secondary N) is 1. The minimum absolute atomic E-state index is 0.0847. The van der Waals surface area contributed by atoms with Crippen LogP contribution >= 0.6 is 0 Å². The Balaban J connectivity index is 2.56. The smallest absolute Gasteiger partial charge is 0.292 e. The highest BCUT2D eigenvalue weighted by molar-refractivity contribution is 5.60. The minimum atomic E-state index is -0.408. The van der Waals surface area contributed by atoms with Crippen LogP contribution in [-0.4, -0.2) is 23.2 Å². The molecule has 0 amide bonds. The molecule has 0 atom stereocenters. The van der Waals surface area contributed by atoms with Crippen LogP contribution < -0.4 is 5.32 Å². The van der Waals surface area contributed by atoms with Crippen molar-refractivity contribution in [3.05, 3.63) is 34.4 Å². The highest BCUT2D eigenvalue weighted by atomic mass is 16.6. The summed E-state index contributed by atoms with van der Waals surface area (Å²) >= 11 is 0. The summed E-state index contributed by atoms with van der Waals surface area (Å²) in [5, 5.41) is 22.2. The maximum atomic E-state index is 10.6. The molecule has 0 aromatic heterocycles. The average Bonchev–Trinajstić information content (AvgIpc) is 2.25. The zero-order chi connectivity index (χ0) is 11.1. The molecule has 0 unspecified atom stereocenters. The van der Waals surface area contributed by atoms with Crippen LogP contribution in [0.2, 0.25) is 0 Å². The quantitative estimate of drug-likeness (QED) is 0.426. The van der Waals surface area contributed by atoms with Gasteiger partial charge in [0.15, 0.2) is 0 Å². The van der Waals surface area contributed by atoms with Crippen molar-refractivity contribution in [2.45, 2.75) is 12.8 Å². The Kier molecular flexibility index (Phi) is 4.56. The van der Waals surface area contributed by atoms with Crippen LogP contribution in [0.15, 0.2) is 24.3 Å². The van der Waals surface area contributed by atoms with Gasteiger partial charge in [-0.15, -0.1) is 0 Å². The number of hydrogen-bond acceptors (Lipinski definition) is 4. The van der Waals surface area contributed by atoms with Gasteiger partial charge in [0.1, 0.15) is 5.69 Å². The number of anilines is 1. The summed E-state index contributed by atoms with van der Waals surface area (Å²) in [5.41, 5.74) is 0.613. The van der Waals surface area contributed by atoms with Crippen LogP contribution in [0.5, 0.6) is 0 Å². The van der Waals surface area contributed by atoms with E-state index in [1.165, 1.54) is 6.07 Å². The van der Waals surface area contributed by atoms with Gasteiger partial charge in [0.2, 0.25) is 0 Å². The Bertz CT molecular complexity index is 328. The first kappa shape index (κ1) is 11.5.